The summed E-state index contributed by atoms with van der Waals surface area (Å²) in [6, 6.07) is 2.72. The molecule has 1 aromatic heterocycles. The number of aliphatic hydroxyl groups excluding tert-OH is 2. The topological polar surface area (TPSA) is 112 Å². The average Bonchev–Trinajstić information content (AvgIpc) is 2.82. The Hall–Kier alpha value is -1.86. The molecule has 1 aromatic rings. The van der Waals surface area contributed by atoms with E-state index >= 15 is 0 Å². The number of carbonyl (C=O) groups excluding carboxylic acids is 2. The van der Waals surface area contributed by atoms with Gasteiger partial charge in [-0.15, -0.1) is 0 Å². The molecule has 17 heavy (non-hydrogen) atoms. The molecule has 2 amide bonds. The van der Waals surface area contributed by atoms with E-state index in [0.29, 0.717) is 0 Å². The fraction of sp³-hybridized carbons (Fsp3) is 0.400. The second kappa shape index (κ2) is 6.66. The van der Waals surface area contributed by atoms with Gasteiger partial charge in [0.1, 0.15) is 0 Å². The minimum absolute atomic E-state index is 0.00685. The SMILES string of the molecule is O=C(NCCO)c1ccc(C(=O)NCCO)o1. The zero-order valence-electron chi connectivity index (χ0n) is 9.10. The highest BCUT2D eigenvalue weighted by molar-refractivity contribution is 5.95. The van der Waals surface area contributed by atoms with Gasteiger partial charge in [-0.2, -0.15) is 0 Å². The summed E-state index contributed by atoms with van der Waals surface area (Å²) in [7, 11) is 0. The molecule has 4 N–H and O–H groups in total. The van der Waals surface area contributed by atoms with E-state index in [1.54, 1.807) is 0 Å². The maximum absolute atomic E-state index is 11.4. The van der Waals surface area contributed by atoms with Gasteiger partial charge < -0.3 is 25.3 Å². The Labute approximate surface area is 97.4 Å². The Balaban J connectivity index is 2.58. The second-order valence-electron chi connectivity index (χ2n) is 3.12. The summed E-state index contributed by atoms with van der Waals surface area (Å²) in [6.07, 6.45) is 0. The van der Waals surface area contributed by atoms with Crippen LogP contribution < -0.4 is 10.6 Å². The fourth-order valence-electron chi connectivity index (χ4n) is 1.10. The van der Waals surface area contributed by atoms with E-state index < -0.39 is 11.8 Å². The lowest BCUT2D eigenvalue weighted by Crippen LogP contribution is -2.27. The first-order valence-electron chi connectivity index (χ1n) is 5.07. The number of carbonyl (C=O) groups is 2. The molecule has 94 valence electrons. The maximum atomic E-state index is 11.4. The largest absolute Gasteiger partial charge is 0.446 e. The molecule has 0 aromatic carbocycles. The van der Waals surface area contributed by atoms with Gasteiger partial charge in [0.15, 0.2) is 11.5 Å². The zero-order chi connectivity index (χ0) is 12.7. The number of amides is 2. The van der Waals surface area contributed by atoms with Gasteiger partial charge in [0.25, 0.3) is 11.8 Å². The molecular formula is C10H14N2O5. The van der Waals surface area contributed by atoms with Crippen molar-refractivity contribution in [1.29, 1.82) is 0 Å². The smallest absolute Gasteiger partial charge is 0.287 e. The molecule has 0 aliphatic rings. The van der Waals surface area contributed by atoms with E-state index in [4.69, 9.17) is 14.6 Å². The fourth-order valence-corrected chi connectivity index (χ4v) is 1.10. The van der Waals surface area contributed by atoms with Gasteiger partial charge in [0.2, 0.25) is 0 Å². The van der Waals surface area contributed by atoms with Crippen LogP contribution in [-0.4, -0.2) is 48.3 Å². The van der Waals surface area contributed by atoms with E-state index in [2.05, 4.69) is 10.6 Å². The summed E-state index contributed by atoms with van der Waals surface area (Å²) in [5, 5.41) is 21.8. The number of aliphatic hydroxyl groups is 2. The van der Waals surface area contributed by atoms with Crippen molar-refractivity contribution in [2.24, 2.45) is 0 Å². The van der Waals surface area contributed by atoms with Crippen molar-refractivity contribution in [3.05, 3.63) is 23.7 Å². The summed E-state index contributed by atoms with van der Waals surface area (Å²) < 4.78 is 5.01. The first-order valence-corrected chi connectivity index (χ1v) is 5.07. The van der Waals surface area contributed by atoms with Crippen LogP contribution in [0, 0.1) is 0 Å². The van der Waals surface area contributed by atoms with Crippen molar-refractivity contribution < 1.29 is 24.2 Å². The van der Waals surface area contributed by atoms with Crippen molar-refractivity contribution in [3.63, 3.8) is 0 Å². The molecule has 1 rings (SSSR count). The minimum Gasteiger partial charge on any atom is -0.446 e. The van der Waals surface area contributed by atoms with E-state index in [1.807, 2.05) is 0 Å². The monoisotopic (exact) mass is 242 g/mol. The van der Waals surface area contributed by atoms with E-state index in [-0.39, 0.29) is 37.8 Å². The summed E-state index contributed by atoms with van der Waals surface area (Å²) in [4.78, 5) is 22.7. The predicted molar refractivity (Wildman–Crippen MR) is 57.5 cm³/mol. The number of furan rings is 1. The molecule has 7 nitrogen and oxygen atoms in total. The van der Waals surface area contributed by atoms with Gasteiger partial charge in [-0.1, -0.05) is 0 Å². The molecule has 0 saturated carbocycles. The van der Waals surface area contributed by atoms with E-state index in [1.165, 1.54) is 12.1 Å². The molecule has 0 bridgehead atoms. The quantitative estimate of drug-likeness (QED) is 0.496. The highest BCUT2D eigenvalue weighted by Gasteiger charge is 2.14. The Bertz CT molecular complexity index is 353. The zero-order valence-corrected chi connectivity index (χ0v) is 9.10. The Morgan fingerprint density at radius 1 is 1.00 bits per heavy atom. The highest BCUT2D eigenvalue weighted by Crippen LogP contribution is 2.07. The van der Waals surface area contributed by atoms with Crippen LogP contribution in [0.15, 0.2) is 16.5 Å². The molecule has 0 aliphatic carbocycles. The summed E-state index contributed by atoms with van der Waals surface area (Å²) >= 11 is 0. The van der Waals surface area contributed by atoms with Crippen molar-refractivity contribution in [2.45, 2.75) is 0 Å². The standard InChI is InChI=1S/C10H14N2O5/c13-5-3-11-9(15)7-1-2-8(17-7)10(16)12-4-6-14/h1-2,13-14H,3-6H2,(H,11,15)(H,12,16). The number of nitrogens with one attached hydrogen (secondary N) is 2. The van der Waals surface area contributed by atoms with Crippen LogP contribution >= 0.6 is 0 Å². The number of hydrogen-bond acceptors (Lipinski definition) is 5. The summed E-state index contributed by atoms with van der Waals surface area (Å²) in [6.45, 7) is -0.107. The predicted octanol–water partition coefficient (Wildman–Crippen LogP) is -1.28. The Kier molecular flexibility index (Phi) is 5.18. The third kappa shape index (κ3) is 3.89. The first kappa shape index (κ1) is 13.2. The van der Waals surface area contributed by atoms with Crippen LogP contribution in [0.4, 0.5) is 0 Å². The molecule has 0 radical (unpaired) electrons. The van der Waals surface area contributed by atoms with Gasteiger partial charge in [-0.3, -0.25) is 9.59 Å². The van der Waals surface area contributed by atoms with Crippen LogP contribution in [0.2, 0.25) is 0 Å². The van der Waals surface area contributed by atoms with Crippen LogP contribution in [0.1, 0.15) is 21.1 Å². The molecular weight excluding hydrogens is 228 g/mol. The minimum atomic E-state index is -0.500. The van der Waals surface area contributed by atoms with E-state index in [0.717, 1.165) is 0 Å². The molecule has 1 heterocycles. The van der Waals surface area contributed by atoms with Crippen molar-refractivity contribution >= 4 is 11.8 Å². The van der Waals surface area contributed by atoms with Gasteiger partial charge in [0, 0.05) is 13.1 Å². The van der Waals surface area contributed by atoms with Gasteiger partial charge in [0.05, 0.1) is 13.2 Å². The third-order valence-electron chi connectivity index (χ3n) is 1.85. The Morgan fingerprint density at radius 3 is 1.76 bits per heavy atom. The van der Waals surface area contributed by atoms with Gasteiger partial charge >= 0.3 is 0 Å². The lowest BCUT2D eigenvalue weighted by molar-refractivity contribution is 0.0891. The van der Waals surface area contributed by atoms with Crippen molar-refractivity contribution in [2.75, 3.05) is 26.3 Å². The Morgan fingerprint density at radius 2 is 1.41 bits per heavy atom. The third-order valence-corrected chi connectivity index (χ3v) is 1.85. The summed E-state index contributed by atoms with van der Waals surface area (Å²) in [5.41, 5.74) is 0. The van der Waals surface area contributed by atoms with Crippen molar-refractivity contribution in [1.82, 2.24) is 10.6 Å². The van der Waals surface area contributed by atoms with Gasteiger partial charge in [-0.05, 0) is 12.1 Å². The van der Waals surface area contributed by atoms with E-state index in [9.17, 15) is 9.59 Å². The van der Waals surface area contributed by atoms with Crippen LogP contribution in [0.5, 0.6) is 0 Å². The lowest BCUT2D eigenvalue weighted by Gasteiger charge is -2.00. The van der Waals surface area contributed by atoms with Crippen LogP contribution in [0.3, 0.4) is 0 Å². The summed E-state index contributed by atoms with van der Waals surface area (Å²) in [5.74, 6) is -1.01. The highest BCUT2D eigenvalue weighted by atomic mass is 16.4. The average molecular weight is 242 g/mol. The number of rotatable bonds is 6. The molecule has 0 saturated heterocycles. The maximum Gasteiger partial charge on any atom is 0.287 e. The molecule has 0 fully saturated rings. The van der Waals surface area contributed by atoms with Crippen LogP contribution in [-0.2, 0) is 0 Å². The van der Waals surface area contributed by atoms with Crippen molar-refractivity contribution in [3.8, 4) is 0 Å². The lowest BCUT2D eigenvalue weighted by atomic mass is 10.4. The first-order chi connectivity index (χ1) is 8.19. The molecule has 7 heteroatoms. The number of hydrogen-bond donors (Lipinski definition) is 4. The molecule has 0 spiro atoms. The normalized spacial score (nSPS) is 10.0. The van der Waals surface area contributed by atoms with Crippen LogP contribution in [0.25, 0.3) is 0 Å². The van der Waals surface area contributed by atoms with Gasteiger partial charge in [-0.25, -0.2) is 0 Å². The second-order valence-corrected chi connectivity index (χ2v) is 3.12. The molecule has 0 unspecified atom stereocenters. The molecule has 0 atom stereocenters. The molecule has 0 aliphatic heterocycles.